The lowest BCUT2D eigenvalue weighted by molar-refractivity contribution is 0.0904. The summed E-state index contributed by atoms with van der Waals surface area (Å²) in [7, 11) is -1.49. The lowest BCUT2D eigenvalue weighted by Gasteiger charge is -2.35. The highest BCUT2D eigenvalue weighted by Gasteiger charge is 2.27. The summed E-state index contributed by atoms with van der Waals surface area (Å²) in [6.07, 6.45) is 0.0560. The second kappa shape index (κ2) is 8.55. The quantitative estimate of drug-likeness (QED) is 0.549. The Morgan fingerprint density at radius 3 is 2.38 bits per heavy atom. The molecule has 0 aromatic heterocycles. The zero-order chi connectivity index (χ0) is 15.9. The average molecular weight is 320 g/mol. The van der Waals surface area contributed by atoms with Crippen LogP contribution in [0, 0.1) is 0 Å². The molecule has 1 rings (SSSR count). The first-order valence-electron chi connectivity index (χ1n) is 7.45. The predicted octanol–water partition coefficient (Wildman–Crippen LogP) is -0.0459. The van der Waals surface area contributed by atoms with E-state index >= 15 is 0 Å². The lowest BCUT2D eigenvalue weighted by atomic mass is 10.4. The third-order valence-corrected chi connectivity index (χ3v) is 5.11. The number of piperazine rings is 1. The van der Waals surface area contributed by atoms with Crippen LogP contribution in [0.5, 0.6) is 0 Å². The minimum absolute atomic E-state index is 0.0487. The SMILES string of the molecule is CCNC(=NC)N1CCN(S(=O)(=O)CCOC(C)C)CC1. The molecule has 0 saturated carbocycles. The molecule has 1 aliphatic rings. The topological polar surface area (TPSA) is 74.2 Å². The molecule has 0 aromatic carbocycles. The van der Waals surface area contributed by atoms with Gasteiger partial charge < -0.3 is 15.0 Å². The van der Waals surface area contributed by atoms with Gasteiger partial charge in [0.2, 0.25) is 10.0 Å². The van der Waals surface area contributed by atoms with Crippen LogP contribution < -0.4 is 5.32 Å². The van der Waals surface area contributed by atoms with Gasteiger partial charge in [-0.25, -0.2) is 8.42 Å². The minimum atomic E-state index is -3.23. The van der Waals surface area contributed by atoms with Crippen molar-refractivity contribution in [2.24, 2.45) is 4.99 Å². The Morgan fingerprint density at radius 2 is 1.90 bits per heavy atom. The second-order valence-corrected chi connectivity index (χ2v) is 7.29. The molecular formula is C13H28N4O3S. The average Bonchev–Trinajstić information content (AvgIpc) is 2.44. The molecule has 0 atom stereocenters. The van der Waals surface area contributed by atoms with Crippen molar-refractivity contribution in [3.8, 4) is 0 Å². The minimum Gasteiger partial charge on any atom is -0.378 e. The molecule has 0 radical (unpaired) electrons. The van der Waals surface area contributed by atoms with Crippen LogP contribution in [0.15, 0.2) is 4.99 Å². The number of nitrogens with one attached hydrogen (secondary N) is 1. The number of hydrogen-bond donors (Lipinski definition) is 1. The summed E-state index contributed by atoms with van der Waals surface area (Å²) in [6, 6.07) is 0. The molecule has 21 heavy (non-hydrogen) atoms. The molecule has 7 nitrogen and oxygen atoms in total. The maximum atomic E-state index is 12.2. The van der Waals surface area contributed by atoms with Crippen molar-refractivity contribution in [3.05, 3.63) is 0 Å². The van der Waals surface area contributed by atoms with Crippen LogP contribution in [0.2, 0.25) is 0 Å². The molecule has 1 heterocycles. The molecule has 124 valence electrons. The zero-order valence-corrected chi connectivity index (χ0v) is 14.3. The van der Waals surface area contributed by atoms with E-state index in [1.54, 1.807) is 11.4 Å². The maximum absolute atomic E-state index is 12.2. The van der Waals surface area contributed by atoms with E-state index < -0.39 is 10.0 Å². The summed E-state index contributed by atoms with van der Waals surface area (Å²) in [6.45, 7) is 9.17. The summed E-state index contributed by atoms with van der Waals surface area (Å²) >= 11 is 0. The van der Waals surface area contributed by atoms with Crippen molar-refractivity contribution in [1.29, 1.82) is 0 Å². The number of guanidine groups is 1. The van der Waals surface area contributed by atoms with Crippen molar-refractivity contribution in [1.82, 2.24) is 14.5 Å². The molecule has 0 aliphatic carbocycles. The smallest absolute Gasteiger partial charge is 0.216 e. The van der Waals surface area contributed by atoms with Crippen LogP contribution in [0.25, 0.3) is 0 Å². The largest absolute Gasteiger partial charge is 0.378 e. The summed E-state index contributed by atoms with van der Waals surface area (Å²) in [5.74, 6) is 0.880. The van der Waals surface area contributed by atoms with Gasteiger partial charge in [-0.15, -0.1) is 0 Å². The second-order valence-electron chi connectivity index (χ2n) is 5.20. The maximum Gasteiger partial charge on any atom is 0.216 e. The van der Waals surface area contributed by atoms with E-state index in [2.05, 4.69) is 15.2 Å². The zero-order valence-electron chi connectivity index (χ0n) is 13.5. The van der Waals surface area contributed by atoms with Crippen LogP contribution in [0.1, 0.15) is 20.8 Å². The highest BCUT2D eigenvalue weighted by Crippen LogP contribution is 2.08. The molecule has 0 amide bonds. The number of aliphatic imine (C=N–C) groups is 1. The van der Waals surface area contributed by atoms with Crippen LogP contribution >= 0.6 is 0 Å². The number of rotatable bonds is 6. The van der Waals surface area contributed by atoms with E-state index in [0.717, 1.165) is 12.5 Å². The Hall–Kier alpha value is -0.860. The van der Waals surface area contributed by atoms with Crippen molar-refractivity contribution in [2.45, 2.75) is 26.9 Å². The Labute approximate surface area is 128 Å². The molecule has 0 spiro atoms. The van der Waals surface area contributed by atoms with E-state index in [-0.39, 0.29) is 18.5 Å². The Balaban J connectivity index is 2.48. The number of ether oxygens (including phenoxy) is 1. The predicted molar refractivity (Wildman–Crippen MR) is 85.1 cm³/mol. The van der Waals surface area contributed by atoms with Crippen molar-refractivity contribution in [2.75, 3.05) is 52.1 Å². The Bertz CT molecular complexity index is 429. The highest BCUT2D eigenvalue weighted by molar-refractivity contribution is 7.89. The van der Waals surface area contributed by atoms with Gasteiger partial charge in [-0.05, 0) is 20.8 Å². The van der Waals surface area contributed by atoms with Gasteiger partial charge in [-0.1, -0.05) is 0 Å². The molecule has 1 fully saturated rings. The van der Waals surface area contributed by atoms with E-state index in [9.17, 15) is 8.42 Å². The normalized spacial score (nSPS) is 18.3. The molecule has 1 aliphatic heterocycles. The van der Waals surface area contributed by atoms with E-state index in [1.807, 2.05) is 20.8 Å². The standard InChI is InChI=1S/C13H28N4O3S/c1-5-15-13(14-4)16-6-8-17(9-7-16)21(18,19)11-10-20-12(2)3/h12H,5-11H2,1-4H3,(H,14,15). The molecule has 8 heteroatoms. The van der Waals surface area contributed by atoms with Gasteiger partial charge in [0.25, 0.3) is 0 Å². The summed E-state index contributed by atoms with van der Waals surface area (Å²) < 4.78 is 31.3. The highest BCUT2D eigenvalue weighted by atomic mass is 32.2. The van der Waals surface area contributed by atoms with Gasteiger partial charge in [0.1, 0.15) is 0 Å². The first-order chi connectivity index (χ1) is 9.90. The molecule has 1 saturated heterocycles. The first kappa shape index (κ1) is 18.2. The number of nitrogens with zero attached hydrogens (tertiary/aromatic N) is 3. The fraction of sp³-hybridized carbons (Fsp3) is 0.923. The van der Waals surface area contributed by atoms with E-state index in [1.165, 1.54) is 0 Å². The molecule has 0 bridgehead atoms. The van der Waals surface area contributed by atoms with Crippen LogP contribution in [-0.4, -0.2) is 81.8 Å². The summed E-state index contributed by atoms with van der Waals surface area (Å²) in [5.41, 5.74) is 0. The molecular weight excluding hydrogens is 292 g/mol. The molecule has 0 aromatic rings. The van der Waals surface area contributed by atoms with Gasteiger partial charge in [-0.3, -0.25) is 4.99 Å². The number of sulfonamides is 1. The van der Waals surface area contributed by atoms with Gasteiger partial charge in [0, 0.05) is 39.8 Å². The lowest BCUT2D eigenvalue weighted by Crippen LogP contribution is -2.54. The fourth-order valence-electron chi connectivity index (χ4n) is 2.19. The molecule has 0 unspecified atom stereocenters. The molecule has 1 N–H and O–H groups in total. The van der Waals surface area contributed by atoms with Gasteiger partial charge >= 0.3 is 0 Å². The van der Waals surface area contributed by atoms with Crippen molar-refractivity contribution >= 4 is 16.0 Å². The van der Waals surface area contributed by atoms with E-state index in [4.69, 9.17) is 4.74 Å². The monoisotopic (exact) mass is 320 g/mol. The summed E-state index contributed by atoms with van der Waals surface area (Å²) in [5, 5.41) is 3.19. The Kier molecular flexibility index (Phi) is 7.41. The van der Waals surface area contributed by atoms with Crippen LogP contribution in [-0.2, 0) is 14.8 Å². The van der Waals surface area contributed by atoms with Gasteiger partial charge in [0.15, 0.2) is 5.96 Å². The van der Waals surface area contributed by atoms with Gasteiger partial charge in [-0.2, -0.15) is 4.31 Å². The van der Waals surface area contributed by atoms with Crippen molar-refractivity contribution < 1.29 is 13.2 Å². The first-order valence-corrected chi connectivity index (χ1v) is 9.06. The third kappa shape index (κ3) is 5.80. The number of hydrogen-bond acceptors (Lipinski definition) is 4. The van der Waals surface area contributed by atoms with Crippen molar-refractivity contribution in [3.63, 3.8) is 0 Å². The summed E-state index contributed by atoms with van der Waals surface area (Å²) in [4.78, 5) is 6.28. The van der Waals surface area contributed by atoms with E-state index in [0.29, 0.717) is 26.2 Å². The van der Waals surface area contributed by atoms with Crippen LogP contribution in [0.4, 0.5) is 0 Å². The Morgan fingerprint density at radius 1 is 1.29 bits per heavy atom. The van der Waals surface area contributed by atoms with Crippen LogP contribution in [0.3, 0.4) is 0 Å². The fourth-order valence-corrected chi connectivity index (χ4v) is 3.47. The van der Waals surface area contributed by atoms with Gasteiger partial charge in [0.05, 0.1) is 18.5 Å². The third-order valence-electron chi connectivity index (χ3n) is 3.27.